The van der Waals surface area contributed by atoms with Crippen molar-refractivity contribution in [2.75, 3.05) is 18.8 Å². The number of fused-ring (bicyclic) bond motifs is 2. The van der Waals surface area contributed by atoms with Crippen molar-refractivity contribution in [2.45, 2.75) is 43.9 Å². The molecule has 3 heterocycles. The zero-order chi connectivity index (χ0) is 13.0. The highest BCUT2D eigenvalue weighted by atomic mass is 16.5. The number of nitrogens with two attached hydrogens (primary N) is 1. The summed E-state index contributed by atoms with van der Waals surface area (Å²) in [5.41, 5.74) is 7.30. The number of likely N-dealkylation sites (tertiary alicyclic amines) is 1. The molecule has 2 saturated heterocycles. The van der Waals surface area contributed by atoms with E-state index in [1.54, 1.807) is 0 Å². The maximum atomic E-state index is 12.7. The van der Waals surface area contributed by atoms with Crippen LogP contribution in [0.1, 0.15) is 42.2 Å². The van der Waals surface area contributed by atoms with Crippen LogP contribution in [0.5, 0.6) is 0 Å². The SMILES string of the molecule is Nc1cc(C(=O)N2CC3CCC(C2)O3)n(C2CC2)c1. The van der Waals surface area contributed by atoms with E-state index in [9.17, 15) is 4.79 Å². The van der Waals surface area contributed by atoms with E-state index in [2.05, 4.69) is 4.57 Å². The smallest absolute Gasteiger partial charge is 0.270 e. The number of carbonyl (C=O) groups is 1. The number of rotatable bonds is 2. The van der Waals surface area contributed by atoms with Crippen molar-refractivity contribution in [3.05, 3.63) is 18.0 Å². The summed E-state index contributed by atoms with van der Waals surface area (Å²) in [5.74, 6) is 0.115. The van der Waals surface area contributed by atoms with Gasteiger partial charge in [-0.3, -0.25) is 4.79 Å². The van der Waals surface area contributed by atoms with Crippen LogP contribution < -0.4 is 5.73 Å². The number of nitrogen functional groups attached to an aromatic ring is 1. The molecule has 1 aliphatic carbocycles. The lowest BCUT2D eigenvalue weighted by Gasteiger charge is -2.32. The third-order valence-electron chi connectivity index (χ3n) is 4.36. The number of amides is 1. The van der Waals surface area contributed by atoms with E-state index in [-0.39, 0.29) is 18.1 Å². The van der Waals surface area contributed by atoms with Crippen molar-refractivity contribution in [1.82, 2.24) is 9.47 Å². The Morgan fingerprint density at radius 1 is 1.21 bits per heavy atom. The summed E-state index contributed by atoms with van der Waals surface area (Å²) in [6.45, 7) is 1.45. The lowest BCUT2D eigenvalue weighted by atomic mass is 10.2. The van der Waals surface area contributed by atoms with Crippen molar-refractivity contribution in [3.63, 3.8) is 0 Å². The number of morpholine rings is 1. The molecule has 3 fully saturated rings. The average Bonchev–Trinajstić information content (AvgIpc) is 3.10. The molecule has 19 heavy (non-hydrogen) atoms. The number of anilines is 1. The van der Waals surface area contributed by atoms with E-state index in [1.165, 1.54) is 0 Å². The zero-order valence-corrected chi connectivity index (χ0v) is 10.9. The molecule has 4 rings (SSSR count). The van der Waals surface area contributed by atoms with Crippen molar-refractivity contribution in [2.24, 2.45) is 0 Å². The second kappa shape index (κ2) is 4.00. The minimum Gasteiger partial charge on any atom is -0.397 e. The Hall–Kier alpha value is -1.49. The van der Waals surface area contributed by atoms with E-state index >= 15 is 0 Å². The summed E-state index contributed by atoms with van der Waals surface area (Å²) in [5, 5.41) is 0. The highest BCUT2D eigenvalue weighted by Crippen LogP contribution is 2.37. The number of ether oxygens (including phenoxy) is 1. The minimum absolute atomic E-state index is 0.115. The Balaban J connectivity index is 1.59. The fourth-order valence-electron chi connectivity index (χ4n) is 3.27. The van der Waals surface area contributed by atoms with Crippen LogP contribution in [0.4, 0.5) is 5.69 Å². The number of nitrogens with zero attached hydrogens (tertiary/aromatic N) is 2. The standard InChI is InChI=1S/C14H19N3O2/c15-9-5-13(17(6-9)10-1-2-10)14(18)16-7-11-3-4-12(8-16)19-11/h5-6,10-12H,1-4,7-8,15H2. The Kier molecular flexibility index (Phi) is 2.39. The van der Waals surface area contributed by atoms with E-state index in [0.717, 1.165) is 44.5 Å². The van der Waals surface area contributed by atoms with Gasteiger partial charge in [-0.25, -0.2) is 0 Å². The van der Waals surface area contributed by atoms with Gasteiger partial charge in [0.15, 0.2) is 0 Å². The average molecular weight is 261 g/mol. The van der Waals surface area contributed by atoms with Gasteiger partial charge in [0.05, 0.1) is 17.9 Å². The number of hydrogen-bond acceptors (Lipinski definition) is 3. The Morgan fingerprint density at radius 2 is 1.89 bits per heavy atom. The molecule has 0 aromatic carbocycles. The second-order valence-corrected chi connectivity index (χ2v) is 5.96. The lowest BCUT2D eigenvalue weighted by molar-refractivity contribution is -0.0306. The Bertz CT molecular complexity index is 509. The van der Waals surface area contributed by atoms with Crippen LogP contribution in [-0.2, 0) is 4.74 Å². The summed E-state index contributed by atoms with van der Waals surface area (Å²) < 4.78 is 7.85. The summed E-state index contributed by atoms with van der Waals surface area (Å²) in [4.78, 5) is 14.6. The molecule has 102 valence electrons. The monoisotopic (exact) mass is 261 g/mol. The molecular formula is C14H19N3O2. The molecule has 3 aliphatic rings. The molecule has 5 heteroatoms. The molecule has 5 nitrogen and oxygen atoms in total. The van der Waals surface area contributed by atoms with Gasteiger partial charge >= 0.3 is 0 Å². The van der Waals surface area contributed by atoms with E-state index < -0.39 is 0 Å². The maximum absolute atomic E-state index is 12.7. The number of hydrogen-bond donors (Lipinski definition) is 1. The van der Waals surface area contributed by atoms with E-state index in [4.69, 9.17) is 10.5 Å². The summed E-state index contributed by atoms with van der Waals surface area (Å²) in [6, 6.07) is 2.30. The molecule has 2 atom stereocenters. The molecule has 1 saturated carbocycles. The van der Waals surface area contributed by atoms with Gasteiger partial charge in [-0.05, 0) is 31.7 Å². The van der Waals surface area contributed by atoms with Crippen molar-refractivity contribution in [3.8, 4) is 0 Å². The zero-order valence-electron chi connectivity index (χ0n) is 10.9. The van der Waals surface area contributed by atoms with Crippen molar-refractivity contribution < 1.29 is 9.53 Å². The molecule has 0 radical (unpaired) electrons. The first-order valence-corrected chi connectivity index (χ1v) is 7.13. The molecule has 2 N–H and O–H groups in total. The predicted octanol–water partition coefficient (Wildman–Crippen LogP) is 1.41. The fourth-order valence-corrected chi connectivity index (χ4v) is 3.27. The van der Waals surface area contributed by atoms with Gasteiger partial charge < -0.3 is 19.9 Å². The number of carbonyl (C=O) groups excluding carboxylic acids is 1. The molecule has 2 bridgehead atoms. The molecule has 1 amide bonds. The van der Waals surface area contributed by atoms with Crippen molar-refractivity contribution in [1.29, 1.82) is 0 Å². The fraction of sp³-hybridized carbons (Fsp3) is 0.643. The molecule has 2 aliphatic heterocycles. The Labute approximate surface area is 112 Å². The molecule has 1 aromatic rings. The van der Waals surface area contributed by atoms with Crippen molar-refractivity contribution >= 4 is 11.6 Å². The number of aromatic nitrogens is 1. The third kappa shape index (κ3) is 1.92. The molecule has 2 unspecified atom stereocenters. The largest absolute Gasteiger partial charge is 0.397 e. The highest BCUT2D eigenvalue weighted by Gasteiger charge is 2.37. The van der Waals surface area contributed by atoms with Gasteiger partial charge in [-0.2, -0.15) is 0 Å². The first-order chi connectivity index (χ1) is 9.20. The van der Waals surface area contributed by atoms with Gasteiger partial charge in [0.1, 0.15) is 5.69 Å². The van der Waals surface area contributed by atoms with Gasteiger partial charge in [0.2, 0.25) is 0 Å². The second-order valence-electron chi connectivity index (χ2n) is 5.96. The van der Waals surface area contributed by atoms with Crippen LogP contribution in [-0.4, -0.2) is 40.7 Å². The molecular weight excluding hydrogens is 242 g/mol. The van der Waals surface area contributed by atoms with Crippen LogP contribution in [0.2, 0.25) is 0 Å². The molecule has 0 spiro atoms. The van der Waals surface area contributed by atoms with Crippen LogP contribution >= 0.6 is 0 Å². The minimum atomic E-state index is 0.115. The van der Waals surface area contributed by atoms with Gasteiger partial charge in [0.25, 0.3) is 5.91 Å². The molecule has 1 aromatic heterocycles. The highest BCUT2D eigenvalue weighted by molar-refractivity contribution is 5.94. The van der Waals surface area contributed by atoms with E-state index in [1.807, 2.05) is 17.2 Å². The first kappa shape index (κ1) is 11.3. The first-order valence-electron chi connectivity index (χ1n) is 7.13. The normalized spacial score (nSPS) is 29.8. The van der Waals surface area contributed by atoms with Crippen LogP contribution in [0.3, 0.4) is 0 Å². The Morgan fingerprint density at radius 3 is 2.53 bits per heavy atom. The summed E-state index contributed by atoms with van der Waals surface area (Å²) in [6.07, 6.45) is 6.86. The maximum Gasteiger partial charge on any atom is 0.270 e. The van der Waals surface area contributed by atoms with Crippen LogP contribution in [0.15, 0.2) is 12.3 Å². The van der Waals surface area contributed by atoms with Crippen LogP contribution in [0, 0.1) is 0 Å². The topological polar surface area (TPSA) is 60.5 Å². The van der Waals surface area contributed by atoms with Gasteiger partial charge in [-0.15, -0.1) is 0 Å². The summed E-state index contributed by atoms with van der Waals surface area (Å²) >= 11 is 0. The quantitative estimate of drug-likeness (QED) is 0.875. The van der Waals surface area contributed by atoms with E-state index in [0.29, 0.717) is 11.7 Å². The summed E-state index contributed by atoms with van der Waals surface area (Å²) in [7, 11) is 0. The van der Waals surface area contributed by atoms with Gasteiger partial charge in [-0.1, -0.05) is 0 Å². The third-order valence-corrected chi connectivity index (χ3v) is 4.36. The van der Waals surface area contributed by atoms with Gasteiger partial charge in [0, 0.05) is 25.3 Å². The van der Waals surface area contributed by atoms with Crippen LogP contribution in [0.25, 0.3) is 0 Å². The lowest BCUT2D eigenvalue weighted by Crippen LogP contribution is -2.46. The predicted molar refractivity (Wildman–Crippen MR) is 70.9 cm³/mol.